The number of para-hydroxylation sites is 1. The Hall–Kier alpha value is -3.36. The molecule has 40 heavy (non-hydrogen) atoms. The number of sulfonamides is 1. The van der Waals surface area contributed by atoms with E-state index in [4.69, 9.17) is 11.6 Å². The molecule has 0 saturated heterocycles. The van der Waals surface area contributed by atoms with Gasteiger partial charge >= 0.3 is 0 Å². The minimum Gasteiger partial charge on any atom is -0.352 e. The lowest BCUT2D eigenvalue weighted by molar-refractivity contribution is -0.140. The molecule has 0 aromatic heterocycles. The molecule has 1 aliphatic carbocycles. The first kappa shape index (κ1) is 29.6. The third kappa shape index (κ3) is 7.43. The molecule has 2 amide bonds. The molecule has 0 radical (unpaired) electrons. The number of nitrogens with zero attached hydrogens (tertiary/aromatic N) is 2. The van der Waals surface area contributed by atoms with Crippen LogP contribution in [0.15, 0.2) is 89.8 Å². The second-order valence-electron chi connectivity index (χ2n) is 10.1. The average molecular weight is 582 g/mol. The van der Waals surface area contributed by atoms with Crippen molar-refractivity contribution in [2.24, 2.45) is 0 Å². The summed E-state index contributed by atoms with van der Waals surface area (Å²) < 4.78 is 28.7. The van der Waals surface area contributed by atoms with Gasteiger partial charge in [-0.3, -0.25) is 13.9 Å². The van der Waals surface area contributed by atoms with Gasteiger partial charge in [-0.25, -0.2) is 8.42 Å². The van der Waals surface area contributed by atoms with Gasteiger partial charge in [0.15, 0.2) is 0 Å². The van der Waals surface area contributed by atoms with Crippen LogP contribution in [-0.4, -0.2) is 43.8 Å². The molecule has 3 aromatic rings. The van der Waals surface area contributed by atoms with Crippen LogP contribution in [0.5, 0.6) is 0 Å². The van der Waals surface area contributed by atoms with E-state index in [1.54, 1.807) is 60.7 Å². The van der Waals surface area contributed by atoms with Crippen LogP contribution in [-0.2, 0) is 26.2 Å². The fourth-order valence-corrected chi connectivity index (χ4v) is 6.65. The first-order valence-electron chi connectivity index (χ1n) is 13.8. The number of anilines is 1. The lowest BCUT2D eigenvalue weighted by Gasteiger charge is -2.34. The van der Waals surface area contributed by atoms with Gasteiger partial charge in [0.05, 0.1) is 10.6 Å². The molecule has 0 spiro atoms. The maximum absolute atomic E-state index is 14.1. The van der Waals surface area contributed by atoms with Crippen LogP contribution in [0.25, 0.3) is 0 Å². The Morgan fingerprint density at radius 2 is 1.50 bits per heavy atom. The summed E-state index contributed by atoms with van der Waals surface area (Å²) in [5, 5.41) is 3.72. The zero-order valence-electron chi connectivity index (χ0n) is 22.7. The molecule has 0 aliphatic heterocycles. The highest BCUT2D eigenvalue weighted by atomic mass is 35.5. The second kappa shape index (κ2) is 13.8. The van der Waals surface area contributed by atoms with Crippen molar-refractivity contribution >= 4 is 39.1 Å². The van der Waals surface area contributed by atoms with Crippen molar-refractivity contribution < 1.29 is 18.0 Å². The largest absolute Gasteiger partial charge is 0.352 e. The molecule has 0 bridgehead atoms. The smallest absolute Gasteiger partial charge is 0.264 e. The first-order chi connectivity index (χ1) is 19.3. The Morgan fingerprint density at radius 1 is 0.900 bits per heavy atom. The summed E-state index contributed by atoms with van der Waals surface area (Å²) in [4.78, 5) is 29.2. The Bertz CT molecular complexity index is 1360. The zero-order valence-corrected chi connectivity index (χ0v) is 24.3. The highest BCUT2D eigenvalue weighted by Gasteiger charge is 2.34. The fraction of sp³-hybridized carbons (Fsp3) is 0.355. The lowest BCUT2D eigenvalue weighted by Crippen LogP contribution is -2.54. The Morgan fingerprint density at radius 3 is 2.10 bits per heavy atom. The molecule has 7 nitrogen and oxygen atoms in total. The number of halogens is 1. The number of benzene rings is 3. The standard InChI is InChI=1S/C31H36ClN3O4S/c1-2-29(31(37)33-26-12-6-3-7-13-26)34(22-24-18-20-25(32)21-19-24)30(36)23-35(27-14-8-4-9-15-27)40(38,39)28-16-10-5-11-17-28/h4-5,8-11,14-21,26,29H,2-3,6-7,12-13,22-23H2,1H3,(H,33,37)/t29-/m0/s1. The molecule has 1 aliphatic rings. The van der Waals surface area contributed by atoms with Gasteiger partial charge in [-0.05, 0) is 61.2 Å². The van der Waals surface area contributed by atoms with Crippen molar-refractivity contribution in [1.82, 2.24) is 10.2 Å². The maximum Gasteiger partial charge on any atom is 0.264 e. The van der Waals surface area contributed by atoms with Crippen molar-refractivity contribution in [2.75, 3.05) is 10.8 Å². The molecule has 9 heteroatoms. The molecule has 0 heterocycles. The quantitative estimate of drug-likeness (QED) is 0.310. The minimum atomic E-state index is -4.07. The van der Waals surface area contributed by atoms with Gasteiger partial charge in [-0.1, -0.05) is 86.3 Å². The minimum absolute atomic E-state index is 0.0815. The number of carbonyl (C=O) groups is 2. The highest BCUT2D eigenvalue weighted by molar-refractivity contribution is 7.92. The first-order valence-corrected chi connectivity index (χ1v) is 15.6. The van der Waals surface area contributed by atoms with Crippen molar-refractivity contribution in [3.8, 4) is 0 Å². The summed E-state index contributed by atoms with van der Waals surface area (Å²) in [6.07, 6.45) is 5.52. The summed E-state index contributed by atoms with van der Waals surface area (Å²) >= 11 is 6.09. The van der Waals surface area contributed by atoms with Gasteiger partial charge in [-0.15, -0.1) is 0 Å². The topological polar surface area (TPSA) is 86.8 Å². The normalized spacial score (nSPS) is 14.8. The van der Waals surface area contributed by atoms with E-state index in [2.05, 4.69) is 5.32 Å². The SMILES string of the molecule is CC[C@@H](C(=O)NC1CCCCC1)N(Cc1ccc(Cl)cc1)C(=O)CN(c1ccccc1)S(=O)(=O)c1ccccc1. The summed E-state index contributed by atoms with van der Waals surface area (Å²) in [6.45, 7) is 1.55. The Balaban J connectivity index is 1.67. The maximum atomic E-state index is 14.1. The van der Waals surface area contributed by atoms with E-state index in [9.17, 15) is 18.0 Å². The molecule has 0 unspecified atom stereocenters. The molecule has 3 aromatic carbocycles. The van der Waals surface area contributed by atoms with E-state index in [0.29, 0.717) is 17.1 Å². The van der Waals surface area contributed by atoms with Crippen LogP contribution >= 0.6 is 11.6 Å². The summed E-state index contributed by atoms with van der Waals surface area (Å²) in [7, 11) is -4.07. The Labute approximate surface area is 242 Å². The molecule has 1 N–H and O–H groups in total. The summed E-state index contributed by atoms with van der Waals surface area (Å²) in [5.74, 6) is -0.683. The van der Waals surface area contributed by atoms with Gasteiger partial charge < -0.3 is 10.2 Å². The van der Waals surface area contributed by atoms with Crippen molar-refractivity contribution in [1.29, 1.82) is 0 Å². The average Bonchev–Trinajstić information content (AvgIpc) is 2.98. The van der Waals surface area contributed by atoms with Crippen molar-refractivity contribution in [3.05, 3.63) is 95.5 Å². The fourth-order valence-electron chi connectivity index (χ4n) is 5.09. The van der Waals surface area contributed by atoms with Crippen LogP contribution in [0.1, 0.15) is 51.0 Å². The van der Waals surface area contributed by atoms with E-state index < -0.39 is 28.5 Å². The van der Waals surface area contributed by atoms with Crippen LogP contribution in [0, 0.1) is 0 Å². The predicted octanol–water partition coefficient (Wildman–Crippen LogP) is 5.79. The van der Waals surface area contributed by atoms with Crippen LogP contribution in [0.3, 0.4) is 0 Å². The molecule has 4 rings (SSSR count). The van der Waals surface area contributed by atoms with Gasteiger partial charge in [0.2, 0.25) is 11.8 Å². The monoisotopic (exact) mass is 581 g/mol. The summed E-state index contributed by atoms with van der Waals surface area (Å²) in [6, 6.07) is 23.0. The van der Waals surface area contributed by atoms with Crippen molar-refractivity contribution in [2.45, 2.75) is 69.0 Å². The van der Waals surface area contributed by atoms with Crippen molar-refractivity contribution in [3.63, 3.8) is 0 Å². The van der Waals surface area contributed by atoms with E-state index in [-0.39, 0.29) is 23.4 Å². The third-order valence-corrected chi connectivity index (χ3v) is 9.30. The number of amides is 2. The molecular formula is C31H36ClN3O4S. The summed E-state index contributed by atoms with van der Waals surface area (Å²) in [5.41, 5.74) is 1.16. The molecule has 1 atom stereocenters. The number of nitrogens with one attached hydrogen (secondary N) is 1. The number of carbonyl (C=O) groups excluding carboxylic acids is 2. The van der Waals surface area contributed by atoms with Gasteiger partial charge in [0.1, 0.15) is 12.6 Å². The number of hydrogen-bond donors (Lipinski definition) is 1. The molecule has 1 fully saturated rings. The van der Waals surface area contributed by atoms with E-state index in [1.807, 2.05) is 19.1 Å². The van der Waals surface area contributed by atoms with Gasteiger partial charge in [0, 0.05) is 17.6 Å². The highest BCUT2D eigenvalue weighted by Crippen LogP contribution is 2.25. The van der Waals surface area contributed by atoms with Crippen LogP contribution in [0.4, 0.5) is 5.69 Å². The van der Waals surface area contributed by atoms with Gasteiger partial charge in [-0.2, -0.15) is 0 Å². The third-order valence-electron chi connectivity index (χ3n) is 7.26. The zero-order chi connectivity index (χ0) is 28.5. The van der Waals surface area contributed by atoms with E-state index in [1.165, 1.54) is 17.0 Å². The molecular weight excluding hydrogens is 546 g/mol. The second-order valence-corrected chi connectivity index (χ2v) is 12.4. The lowest BCUT2D eigenvalue weighted by atomic mass is 9.95. The molecule has 1 saturated carbocycles. The number of rotatable bonds is 11. The number of hydrogen-bond acceptors (Lipinski definition) is 4. The predicted molar refractivity (Wildman–Crippen MR) is 159 cm³/mol. The van der Waals surface area contributed by atoms with E-state index >= 15 is 0 Å². The molecule has 212 valence electrons. The van der Waals surface area contributed by atoms with E-state index in [0.717, 1.165) is 42.0 Å². The van der Waals surface area contributed by atoms with Crippen LogP contribution < -0.4 is 9.62 Å². The Kier molecular flexibility index (Phi) is 10.2. The van der Waals surface area contributed by atoms with Crippen LogP contribution in [0.2, 0.25) is 5.02 Å². The van der Waals surface area contributed by atoms with Gasteiger partial charge in [0.25, 0.3) is 10.0 Å².